The van der Waals surface area contributed by atoms with Gasteiger partial charge in [-0.1, -0.05) is 12.1 Å². The molecule has 0 unspecified atom stereocenters. The fraction of sp³-hybridized carbons (Fsp3) is 0.294. The molecule has 23 heavy (non-hydrogen) atoms. The van der Waals surface area contributed by atoms with E-state index in [9.17, 15) is 12.8 Å². The molecule has 0 fully saturated rings. The van der Waals surface area contributed by atoms with Gasteiger partial charge in [0.2, 0.25) is 10.0 Å². The van der Waals surface area contributed by atoms with Crippen LogP contribution in [0.4, 0.5) is 4.39 Å². The minimum atomic E-state index is -3.65. The molecular weight excluding hydrogens is 317 g/mol. The molecule has 0 saturated carbocycles. The van der Waals surface area contributed by atoms with E-state index in [2.05, 4.69) is 4.72 Å². The number of hydrogen-bond acceptors (Lipinski definition) is 3. The monoisotopic (exact) mass is 337 g/mol. The fourth-order valence-corrected chi connectivity index (χ4v) is 3.74. The van der Waals surface area contributed by atoms with Crippen molar-refractivity contribution < 1.29 is 17.5 Å². The van der Waals surface area contributed by atoms with Crippen molar-refractivity contribution in [1.29, 1.82) is 0 Å². The summed E-state index contributed by atoms with van der Waals surface area (Å²) in [4.78, 5) is 0.172. The van der Waals surface area contributed by atoms with Crippen LogP contribution in [-0.2, 0) is 16.4 Å². The molecule has 4 nitrogen and oxygen atoms in total. The minimum Gasteiger partial charge on any atom is -0.497 e. The van der Waals surface area contributed by atoms with Gasteiger partial charge in [0.15, 0.2) is 0 Å². The summed E-state index contributed by atoms with van der Waals surface area (Å²) in [6.07, 6.45) is 0.447. The minimum absolute atomic E-state index is 0.172. The van der Waals surface area contributed by atoms with E-state index in [-0.39, 0.29) is 10.7 Å². The van der Waals surface area contributed by atoms with Crippen LogP contribution in [0.2, 0.25) is 0 Å². The standard InChI is InChI=1S/C17H20FNO3S/c1-17(2,12-13-4-6-14(18)7-5-13)19-23(20,21)16-10-8-15(22-3)9-11-16/h4-11,19H,12H2,1-3H3. The lowest BCUT2D eigenvalue weighted by molar-refractivity contribution is 0.414. The summed E-state index contributed by atoms with van der Waals surface area (Å²) in [7, 11) is -2.13. The molecule has 0 aliphatic heterocycles. The van der Waals surface area contributed by atoms with Crippen LogP contribution >= 0.6 is 0 Å². The topological polar surface area (TPSA) is 55.4 Å². The Morgan fingerprint density at radius 3 is 2.13 bits per heavy atom. The lowest BCUT2D eigenvalue weighted by atomic mass is 9.96. The van der Waals surface area contributed by atoms with Crippen molar-refractivity contribution in [2.45, 2.75) is 30.7 Å². The zero-order valence-electron chi connectivity index (χ0n) is 13.3. The quantitative estimate of drug-likeness (QED) is 0.881. The maximum Gasteiger partial charge on any atom is 0.241 e. The third-order valence-electron chi connectivity index (χ3n) is 3.34. The van der Waals surface area contributed by atoms with E-state index in [1.807, 2.05) is 0 Å². The molecule has 124 valence electrons. The summed E-state index contributed by atoms with van der Waals surface area (Å²) in [5.41, 5.74) is 0.144. The summed E-state index contributed by atoms with van der Waals surface area (Å²) in [5, 5.41) is 0. The van der Waals surface area contributed by atoms with Gasteiger partial charge in [-0.25, -0.2) is 17.5 Å². The van der Waals surface area contributed by atoms with Crippen LogP contribution in [0.5, 0.6) is 5.75 Å². The number of benzene rings is 2. The molecule has 0 saturated heterocycles. The van der Waals surface area contributed by atoms with E-state index in [0.717, 1.165) is 5.56 Å². The molecule has 0 radical (unpaired) electrons. The Hall–Kier alpha value is -1.92. The van der Waals surface area contributed by atoms with Crippen LogP contribution in [0.15, 0.2) is 53.4 Å². The second-order valence-electron chi connectivity index (χ2n) is 5.97. The lowest BCUT2D eigenvalue weighted by Crippen LogP contribution is -2.44. The number of sulfonamides is 1. The second-order valence-corrected chi connectivity index (χ2v) is 7.65. The average molecular weight is 337 g/mol. The summed E-state index contributed by atoms with van der Waals surface area (Å²) >= 11 is 0. The van der Waals surface area contributed by atoms with Crippen molar-refractivity contribution >= 4 is 10.0 Å². The molecule has 2 rings (SSSR count). The van der Waals surface area contributed by atoms with Crippen LogP contribution in [0.3, 0.4) is 0 Å². The maximum atomic E-state index is 13.0. The first-order valence-electron chi connectivity index (χ1n) is 7.14. The van der Waals surface area contributed by atoms with Gasteiger partial charge in [-0.3, -0.25) is 0 Å². The first-order chi connectivity index (χ1) is 10.7. The Kier molecular flexibility index (Phi) is 5.06. The predicted molar refractivity (Wildman–Crippen MR) is 87.5 cm³/mol. The molecule has 0 atom stereocenters. The molecule has 6 heteroatoms. The van der Waals surface area contributed by atoms with Crippen LogP contribution in [-0.4, -0.2) is 21.1 Å². The van der Waals surface area contributed by atoms with Crippen LogP contribution in [0, 0.1) is 5.82 Å². The Bertz CT molecular complexity index is 753. The van der Waals surface area contributed by atoms with E-state index in [4.69, 9.17) is 4.74 Å². The van der Waals surface area contributed by atoms with Crippen LogP contribution in [0.1, 0.15) is 19.4 Å². The normalized spacial score (nSPS) is 12.2. The van der Waals surface area contributed by atoms with Crippen molar-refractivity contribution in [2.75, 3.05) is 7.11 Å². The Morgan fingerprint density at radius 1 is 1.04 bits per heavy atom. The Labute approximate surface area is 136 Å². The van der Waals surface area contributed by atoms with E-state index in [0.29, 0.717) is 12.2 Å². The van der Waals surface area contributed by atoms with Crippen molar-refractivity contribution in [3.05, 3.63) is 59.9 Å². The van der Waals surface area contributed by atoms with E-state index in [1.165, 1.54) is 31.4 Å². The molecule has 2 aromatic rings. The summed E-state index contributed by atoms with van der Waals surface area (Å²) < 4.78 is 45.6. The highest BCUT2D eigenvalue weighted by Gasteiger charge is 2.26. The van der Waals surface area contributed by atoms with Gasteiger partial charge in [0.05, 0.1) is 12.0 Å². The van der Waals surface area contributed by atoms with E-state index >= 15 is 0 Å². The second kappa shape index (κ2) is 6.68. The molecular formula is C17H20FNO3S. The van der Waals surface area contributed by atoms with Crippen LogP contribution in [0.25, 0.3) is 0 Å². The maximum absolute atomic E-state index is 13.0. The zero-order valence-corrected chi connectivity index (χ0v) is 14.2. The Balaban J connectivity index is 2.15. The highest BCUT2D eigenvalue weighted by molar-refractivity contribution is 7.89. The molecule has 0 aromatic heterocycles. The van der Waals surface area contributed by atoms with Gasteiger partial charge >= 0.3 is 0 Å². The van der Waals surface area contributed by atoms with Crippen molar-refractivity contribution in [2.24, 2.45) is 0 Å². The first-order valence-corrected chi connectivity index (χ1v) is 8.63. The van der Waals surface area contributed by atoms with Gasteiger partial charge in [0.1, 0.15) is 11.6 Å². The molecule has 0 bridgehead atoms. The number of ether oxygens (including phenoxy) is 1. The molecule has 0 aliphatic carbocycles. The lowest BCUT2D eigenvalue weighted by Gasteiger charge is -2.26. The highest BCUT2D eigenvalue weighted by Crippen LogP contribution is 2.20. The number of hydrogen-bond donors (Lipinski definition) is 1. The van der Waals surface area contributed by atoms with Crippen molar-refractivity contribution in [3.63, 3.8) is 0 Å². The number of rotatable bonds is 6. The smallest absolute Gasteiger partial charge is 0.241 e. The van der Waals surface area contributed by atoms with Gasteiger partial charge in [-0.2, -0.15) is 0 Å². The number of methoxy groups -OCH3 is 1. The van der Waals surface area contributed by atoms with Crippen molar-refractivity contribution in [1.82, 2.24) is 4.72 Å². The van der Waals surface area contributed by atoms with Gasteiger partial charge in [0, 0.05) is 5.54 Å². The van der Waals surface area contributed by atoms with Crippen molar-refractivity contribution in [3.8, 4) is 5.75 Å². The molecule has 0 amide bonds. The third-order valence-corrected chi connectivity index (χ3v) is 5.05. The zero-order chi connectivity index (χ0) is 17.1. The molecule has 0 aliphatic rings. The summed E-state index contributed by atoms with van der Waals surface area (Å²) in [5.74, 6) is 0.278. The van der Waals surface area contributed by atoms with Gasteiger partial charge < -0.3 is 4.74 Å². The SMILES string of the molecule is COc1ccc(S(=O)(=O)NC(C)(C)Cc2ccc(F)cc2)cc1. The molecule has 0 spiro atoms. The number of halogens is 1. The largest absolute Gasteiger partial charge is 0.497 e. The molecule has 2 aromatic carbocycles. The predicted octanol–water partition coefficient (Wildman–Crippen LogP) is 3.13. The Morgan fingerprint density at radius 2 is 1.61 bits per heavy atom. The number of nitrogens with one attached hydrogen (secondary N) is 1. The average Bonchev–Trinajstić information content (AvgIpc) is 2.48. The van der Waals surface area contributed by atoms with Gasteiger partial charge in [-0.05, 0) is 62.2 Å². The van der Waals surface area contributed by atoms with Crippen LogP contribution < -0.4 is 9.46 Å². The highest BCUT2D eigenvalue weighted by atomic mass is 32.2. The first kappa shape index (κ1) is 17.4. The van der Waals surface area contributed by atoms with Gasteiger partial charge in [0.25, 0.3) is 0 Å². The van der Waals surface area contributed by atoms with E-state index in [1.54, 1.807) is 38.1 Å². The summed E-state index contributed by atoms with van der Waals surface area (Å²) in [6, 6.07) is 12.2. The molecule has 1 N–H and O–H groups in total. The molecule has 0 heterocycles. The fourth-order valence-electron chi connectivity index (χ4n) is 2.33. The third kappa shape index (κ3) is 4.77. The summed E-state index contributed by atoms with van der Waals surface area (Å²) in [6.45, 7) is 3.58. The van der Waals surface area contributed by atoms with Gasteiger partial charge in [-0.15, -0.1) is 0 Å². The van der Waals surface area contributed by atoms with E-state index < -0.39 is 15.6 Å².